The first-order valence-corrected chi connectivity index (χ1v) is 9.73. The van der Waals surface area contributed by atoms with Gasteiger partial charge >= 0.3 is 0 Å². The van der Waals surface area contributed by atoms with Gasteiger partial charge in [-0.15, -0.1) is 0 Å². The maximum Gasteiger partial charge on any atom is 0.235 e. The zero-order chi connectivity index (χ0) is 18.1. The third-order valence-corrected chi connectivity index (χ3v) is 5.37. The molecule has 1 saturated carbocycles. The fourth-order valence-electron chi connectivity index (χ4n) is 3.79. The largest absolute Gasteiger partial charge is 0.367 e. The lowest BCUT2D eigenvalue weighted by molar-refractivity contribution is 0.461. The van der Waals surface area contributed by atoms with Gasteiger partial charge in [0.25, 0.3) is 0 Å². The normalized spacial score (nSPS) is 16.1. The fourth-order valence-corrected chi connectivity index (χ4v) is 3.79. The van der Waals surface area contributed by atoms with Crippen molar-refractivity contribution in [2.75, 3.05) is 5.32 Å². The molecule has 0 amide bonds. The molecule has 2 heterocycles. The number of hydrogen-bond donors (Lipinski definition) is 1. The molecule has 3 aromatic rings. The minimum atomic E-state index is 0.155. The standard InChI is InChI=1S/C22H28N4/c1-22(2,3)17-12-10-16(11-13-17)19-20(24-18-8-5-4-6-9-18)26-15-7-14-23-21(26)25-19/h7,10-15,18,24H,4-6,8-9H2,1-3H3. The molecule has 0 saturated heterocycles. The van der Waals surface area contributed by atoms with Crippen LogP contribution in [-0.4, -0.2) is 20.4 Å². The van der Waals surface area contributed by atoms with E-state index in [0.717, 1.165) is 22.9 Å². The van der Waals surface area contributed by atoms with Crippen molar-refractivity contribution in [2.45, 2.75) is 64.3 Å². The van der Waals surface area contributed by atoms with Crippen molar-refractivity contribution in [3.63, 3.8) is 0 Å². The Labute approximate surface area is 155 Å². The summed E-state index contributed by atoms with van der Waals surface area (Å²) in [7, 11) is 0. The van der Waals surface area contributed by atoms with Crippen LogP contribution in [0.5, 0.6) is 0 Å². The molecule has 1 N–H and O–H groups in total. The number of rotatable bonds is 3. The Morgan fingerprint density at radius 3 is 2.46 bits per heavy atom. The van der Waals surface area contributed by atoms with Crippen molar-refractivity contribution in [3.05, 3.63) is 48.3 Å². The molecule has 1 aromatic carbocycles. The second kappa shape index (κ2) is 6.75. The van der Waals surface area contributed by atoms with Gasteiger partial charge in [-0.3, -0.25) is 4.40 Å². The van der Waals surface area contributed by atoms with E-state index < -0.39 is 0 Å². The third-order valence-electron chi connectivity index (χ3n) is 5.37. The number of hydrogen-bond acceptors (Lipinski definition) is 3. The van der Waals surface area contributed by atoms with Crippen LogP contribution < -0.4 is 5.32 Å². The van der Waals surface area contributed by atoms with E-state index in [0.29, 0.717) is 6.04 Å². The lowest BCUT2D eigenvalue weighted by Gasteiger charge is -2.24. The molecule has 26 heavy (non-hydrogen) atoms. The Balaban J connectivity index is 1.75. The van der Waals surface area contributed by atoms with Crippen LogP contribution >= 0.6 is 0 Å². The fraction of sp³-hybridized carbons (Fsp3) is 0.455. The summed E-state index contributed by atoms with van der Waals surface area (Å²) in [5.74, 6) is 1.82. The van der Waals surface area contributed by atoms with Crippen LogP contribution in [0.1, 0.15) is 58.4 Å². The topological polar surface area (TPSA) is 42.2 Å². The molecule has 0 atom stereocenters. The molecule has 1 aliphatic rings. The Kier molecular flexibility index (Phi) is 4.43. The minimum absolute atomic E-state index is 0.155. The molecule has 4 rings (SSSR count). The number of fused-ring (bicyclic) bond motifs is 1. The number of nitrogens with one attached hydrogen (secondary N) is 1. The van der Waals surface area contributed by atoms with Crippen molar-refractivity contribution in [1.82, 2.24) is 14.4 Å². The van der Waals surface area contributed by atoms with E-state index >= 15 is 0 Å². The monoisotopic (exact) mass is 348 g/mol. The molecule has 2 aromatic heterocycles. The van der Waals surface area contributed by atoms with Crippen LogP contribution in [0, 0.1) is 0 Å². The lowest BCUT2D eigenvalue weighted by Crippen LogP contribution is -2.23. The highest BCUT2D eigenvalue weighted by Gasteiger charge is 2.20. The first kappa shape index (κ1) is 17.1. The highest BCUT2D eigenvalue weighted by Crippen LogP contribution is 2.32. The highest BCUT2D eigenvalue weighted by atomic mass is 15.2. The molecule has 0 unspecified atom stereocenters. The van der Waals surface area contributed by atoms with Crippen molar-refractivity contribution >= 4 is 11.6 Å². The Morgan fingerprint density at radius 2 is 1.77 bits per heavy atom. The third kappa shape index (κ3) is 3.33. The van der Waals surface area contributed by atoms with Gasteiger partial charge in [0.15, 0.2) is 0 Å². The summed E-state index contributed by atoms with van der Waals surface area (Å²) in [5.41, 5.74) is 3.63. The maximum atomic E-state index is 4.83. The van der Waals surface area contributed by atoms with E-state index in [4.69, 9.17) is 4.98 Å². The van der Waals surface area contributed by atoms with Gasteiger partial charge in [0.1, 0.15) is 11.5 Å². The van der Waals surface area contributed by atoms with Crippen molar-refractivity contribution in [3.8, 4) is 11.3 Å². The van der Waals surface area contributed by atoms with Gasteiger partial charge in [0.2, 0.25) is 5.78 Å². The van der Waals surface area contributed by atoms with E-state index in [-0.39, 0.29) is 5.41 Å². The number of anilines is 1. The van der Waals surface area contributed by atoms with E-state index in [1.54, 1.807) is 6.20 Å². The smallest absolute Gasteiger partial charge is 0.235 e. The van der Waals surface area contributed by atoms with Gasteiger partial charge in [0, 0.05) is 24.0 Å². The van der Waals surface area contributed by atoms with Gasteiger partial charge in [-0.1, -0.05) is 64.3 Å². The van der Waals surface area contributed by atoms with Gasteiger partial charge in [-0.05, 0) is 29.9 Å². The van der Waals surface area contributed by atoms with Gasteiger partial charge in [0.05, 0.1) is 0 Å². The Bertz CT molecular complexity index is 881. The summed E-state index contributed by atoms with van der Waals surface area (Å²) >= 11 is 0. The zero-order valence-corrected chi connectivity index (χ0v) is 16.0. The van der Waals surface area contributed by atoms with Crippen LogP contribution in [0.15, 0.2) is 42.7 Å². The number of aromatic nitrogens is 3. The van der Waals surface area contributed by atoms with E-state index in [2.05, 4.69) is 59.7 Å². The molecule has 0 spiro atoms. The van der Waals surface area contributed by atoms with E-state index in [1.165, 1.54) is 37.7 Å². The van der Waals surface area contributed by atoms with Crippen LogP contribution in [-0.2, 0) is 5.41 Å². The average Bonchev–Trinajstić information content (AvgIpc) is 3.01. The SMILES string of the molecule is CC(C)(C)c1ccc(-c2nc3ncccn3c2NC2CCCCC2)cc1. The summed E-state index contributed by atoms with van der Waals surface area (Å²) in [5, 5.41) is 3.78. The molecule has 4 heteroatoms. The summed E-state index contributed by atoms with van der Waals surface area (Å²) < 4.78 is 2.08. The molecule has 0 radical (unpaired) electrons. The Hall–Kier alpha value is -2.36. The highest BCUT2D eigenvalue weighted by molar-refractivity contribution is 5.76. The van der Waals surface area contributed by atoms with Gasteiger partial charge in [-0.25, -0.2) is 9.97 Å². The van der Waals surface area contributed by atoms with Crippen molar-refractivity contribution < 1.29 is 0 Å². The molecular formula is C22H28N4. The van der Waals surface area contributed by atoms with Gasteiger partial charge < -0.3 is 5.32 Å². The molecule has 1 aliphatic carbocycles. The van der Waals surface area contributed by atoms with E-state index in [9.17, 15) is 0 Å². The molecule has 136 valence electrons. The lowest BCUT2D eigenvalue weighted by atomic mass is 9.86. The van der Waals surface area contributed by atoms with Crippen LogP contribution in [0.2, 0.25) is 0 Å². The quantitative estimate of drug-likeness (QED) is 0.685. The van der Waals surface area contributed by atoms with E-state index in [1.807, 2.05) is 12.3 Å². The molecular weight excluding hydrogens is 320 g/mol. The average molecular weight is 348 g/mol. The number of nitrogens with zero attached hydrogens (tertiary/aromatic N) is 3. The molecule has 4 nitrogen and oxygen atoms in total. The van der Waals surface area contributed by atoms with Crippen LogP contribution in [0.3, 0.4) is 0 Å². The second-order valence-electron chi connectivity index (χ2n) is 8.41. The first-order valence-electron chi connectivity index (χ1n) is 9.73. The predicted molar refractivity (Wildman–Crippen MR) is 108 cm³/mol. The Morgan fingerprint density at radius 1 is 1.04 bits per heavy atom. The molecule has 1 fully saturated rings. The minimum Gasteiger partial charge on any atom is -0.367 e. The number of imidazole rings is 1. The van der Waals surface area contributed by atoms with Gasteiger partial charge in [-0.2, -0.15) is 0 Å². The summed E-state index contributed by atoms with van der Waals surface area (Å²) in [4.78, 5) is 9.28. The number of benzene rings is 1. The summed E-state index contributed by atoms with van der Waals surface area (Å²) in [6, 6.07) is 11.3. The predicted octanol–water partition coefficient (Wildman–Crippen LogP) is 5.44. The van der Waals surface area contributed by atoms with Crippen LogP contribution in [0.4, 0.5) is 5.82 Å². The molecule has 0 bridgehead atoms. The first-order chi connectivity index (χ1) is 12.5. The zero-order valence-electron chi connectivity index (χ0n) is 16.0. The van der Waals surface area contributed by atoms with Crippen LogP contribution in [0.25, 0.3) is 17.0 Å². The molecule has 0 aliphatic heterocycles. The summed E-state index contributed by atoms with van der Waals surface area (Å²) in [6.45, 7) is 6.73. The van der Waals surface area contributed by atoms with Crippen molar-refractivity contribution in [1.29, 1.82) is 0 Å². The summed E-state index contributed by atoms with van der Waals surface area (Å²) in [6.07, 6.45) is 10.3. The van der Waals surface area contributed by atoms with Crippen molar-refractivity contribution in [2.24, 2.45) is 0 Å². The second-order valence-corrected chi connectivity index (χ2v) is 8.41. The maximum absolute atomic E-state index is 4.83.